The minimum absolute atomic E-state index is 0.271. The maximum atomic E-state index is 10.3. The predicted octanol–water partition coefficient (Wildman–Crippen LogP) is 5.56. The lowest BCUT2D eigenvalue weighted by molar-refractivity contribution is 0.120. The quantitative estimate of drug-likeness (QED) is 0.491. The number of benzene rings is 1. The van der Waals surface area contributed by atoms with Crippen molar-refractivity contribution in [2.75, 3.05) is 51.3 Å². The van der Waals surface area contributed by atoms with E-state index in [1.54, 1.807) is 6.07 Å². The van der Waals surface area contributed by atoms with Gasteiger partial charge in [0.05, 0.1) is 7.18 Å². The second kappa shape index (κ2) is 15.4. The molecule has 1 saturated carbocycles. The first-order chi connectivity index (χ1) is 17.8. The second-order valence-corrected chi connectivity index (χ2v) is 9.20. The van der Waals surface area contributed by atoms with E-state index in [1.807, 2.05) is 24.4 Å². The number of piperazine rings is 1. The van der Waals surface area contributed by atoms with Gasteiger partial charge in [-0.3, -0.25) is 9.29 Å². The van der Waals surface area contributed by atoms with Gasteiger partial charge in [-0.15, -0.1) is 0 Å². The first-order valence-corrected chi connectivity index (χ1v) is 13.0. The zero-order chi connectivity index (χ0) is 27.4. The molecule has 2 aliphatic rings. The fourth-order valence-electron chi connectivity index (χ4n) is 4.54. The maximum absolute atomic E-state index is 10.3. The Balaban J connectivity index is 0.000000733. The van der Waals surface area contributed by atoms with Gasteiger partial charge in [-0.25, -0.2) is 18.7 Å². The van der Waals surface area contributed by atoms with Gasteiger partial charge in [-0.2, -0.15) is 0 Å². The normalized spacial score (nSPS) is 15.7. The van der Waals surface area contributed by atoms with Crippen LogP contribution in [0.3, 0.4) is 0 Å². The Labute approximate surface area is 219 Å². The van der Waals surface area contributed by atoms with Gasteiger partial charge in [0.2, 0.25) is 12.4 Å². The molecule has 1 saturated heterocycles. The number of anilines is 1. The van der Waals surface area contributed by atoms with Gasteiger partial charge in [-0.1, -0.05) is 25.1 Å². The maximum Gasteiger partial charge on any atom is 0.235 e. The van der Waals surface area contributed by atoms with Crippen LogP contribution in [-0.2, 0) is 6.42 Å². The number of aryl methyl sites for hydroxylation is 1. The van der Waals surface area contributed by atoms with E-state index in [-0.39, 0.29) is 5.75 Å². The highest BCUT2D eigenvalue weighted by Gasteiger charge is 2.28. The Hall–Kier alpha value is -2.81. The Bertz CT molecular complexity index is 960. The summed E-state index contributed by atoms with van der Waals surface area (Å²) >= 11 is 0. The lowest BCUT2D eigenvalue weighted by Crippen LogP contribution is -2.52. The number of para-hydroxylation sites is 1. The molecule has 1 aromatic carbocycles. The van der Waals surface area contributed by atoms with Crippen LogP contribution in [0.4, 0.5) is 19.1 Å². The van der Waals surface area contributed by atoms with E-state index in [4.69, 9.17) is 9.97 Å². The Morgan fingerprint density at radius 1 is 1.16 bits per heavy atom. The van der Waals surface area contributed by atoms with Crippen LogP contribution in [-0.4, -0.2) is 83.8 Å². The van der Waals surface area contributed by atoms with Crippen LogP contribution in [0, 0.1) is 6.92 Å². The van der Waals surface area contributed by atoms with E-state index >= 15 is 0 Å². The molecule has 0 spiro atoms. The van der Waals surface area contributed by atoms with Crippen LogP contribution in [0.5, 0.6) is 5.75 Å². The molecule has 4 rings (SSSR count). The largest absolute Gasteiger partial charge is 0.507 e. The first-order valence-electron chi connectivity index (χ1n) is 13.0. The molecule has 2 heterocycles. The summed E-state index contributed by atoms with van der Waals surface area (Å²) in [4.78, 5) is 16.7. The second-order valence-electron chi connectivity index (χ2n) is 9.20. The topological polar surface area (TPSA) is 55.7 Å². The van der Waals surface area contributed by atoms with Gasteiger partial charge in [-0.05, 0) is 57.7 Å². The van der Waals surface area contributed by atoms with Gasteiger partial charge >= 0.3 is 0 Å². The number of phenolic OH excluding ortho intramolecular Hbond substituents is 1. The molecule has 9 heteroatoms. The van der Waals surface area contributed by atoms with Crippen molar-refractivity contribution < 1.29 is 18.3 Å². The third-order valence-corrected chi connectivity index (χ3v) is 6.89. The summed E-state index contributed by atoms with van der Waals surface area (Å²) in [6.07, 6.45) is 4.81. The highest BCUT2D eigenvalue weighted by molar-refractivity contribution is 5.67. The molecule has 0 atom stereocenters. The molecular weight excluding hydrogens is 479 g/mol. The number of hydrogen-bond acceptors (Lipinski definition) is 6. The van der Waals surface area contributed by atoms with Crippen LogP contribution in [0.1, 0.15) is 49.9 Å². The van der Waals surface area contributed by atoms with Crippen LogP contribution in [0.2, 0.25) is 0 Å². The molecule has 2 aromatic rings. The van der Waals surface area contributed by atoms with E-state index in [2.05, 4.69) is 35.1 Å². The molecule has 1 aromatic heterocycles. The molecule has 0 bridgehead atoms. The third-order valence-electron chi connectivity index (χ3n) is 6.89. The van der Waals surface area contributed by atoms with E-state index in [1.165, 1.54) is 24.8 Å². The van der Waals surface area contributed by atoms with E-state index in [0.29, 0.717) is 7.18 Å². The number of phenols is 1. The standard InChI is InChI=1S/C25H35N5O.C2H4F2.CH3F/c1-4-28(20(3)23-10-5-6-11-24(23)31)13-12-21-18-26-25(27-19(21)2)30-16-14-29(15-17-30)22-8-7-9-22;1-2(3)4;1-2/h5-6,10-11,18,22,31H,3-4,7-9,12-17H2,1-2H3;2H,1H3;1H3. The smallest absolute Gasteiger partial charge is 0.235 e. The SMILES string of the molecule is C=C(c1ccccc1O)N(CC)CCc1cnc(N2CCN(C3CCC3)CC2)nc1C.CC(F)F.CF. The molecule has 1 N–H and O–H groups in total. The average Bonchev–Trinajstić information content (AvgIpc) is 2.85. The molecule has 1 aliphatic carbocycles. The van der Waals surface area contributed by atoms with E-state index in [0.717, 1.165) is 81.6 Å². The Morgan fingerprint density at radius 2 is 1.78 bits per heavy atom. The van der Waals surface area contributed by atoms with Crippen molar-refractivity contribution in [2.45, 2.75) is 58.9 Å². The highest BCUT2D eigenvalue weighted by Crippen LogP contribution is 2.27. The van der Waals surface area contributed by atoms with E-state index in [9.17, 15) is 18.3 Å². The minimum Gasteiger partial charge on any atom is -0.507 e. The number of aromatic nitrogens is 2. The number of rotatable bonds is 8. The zero-order valence-corrected chi connectivity index (χ0v) is 22.6. The lowest BCUT2D eigenvalue weighted by Gasteiger charge is -2.42. The molecule has 37 heavy (non-hydrogen) atoms. The molecule has 0 radical (unpaired) electrons. The summed E-state index contributed by atoms with van der Waals surface area (Å²) in [5, 5.41) is 10.2. The Morgan fingerprint density at radius 3 is 2.30 bits per heavy atom. The van der Waals surface area contributed by atoms with Crippen molar-refractivity contribution in [1.29, 1.82) is 0 Å². The van der Waals surface area contributed by atoms with Crippen molar-refractivity contribution in [2.24, 2.45) is 0 Å². The summed E-state index contributed by atoms with van der Waals surface area (Å²) in [6, 6.07) is 8.20. The molecule has 0 unspecified atom stereocenters. The third kappa shape index (κ3) is 8.91. The summed E-state index contributed by atoms with van der Waals surface area (Å²) < 4.78 is 30.2. The molecular formula is C28H42F3N5O. The van der Waals surface area contributed by atoms with Crippen LogP contribution in [0.25, 0.3) is 5.70 Å². The van der Waals surface area contributed by atoms with Crippen LogP contribution in [0.15, 0.2) is 37.0 Å². The first kappa shape index (κ1) is 30.4. The van der Waals surface area contributed by atoms with Crippen molar-refractivity contribution in [1.82, 2.24) is 19.8 Å². The van der Waals surface area contributed by atoms with Gasteiger partial charge in [0.25, 0.3) is 0 Å². The Kier molecular flexibility index (Phi) is 12.7. The number of aromatic hydroxyl groups is 1. The number of nitrogens with zero attached hydrogens (tertiary/aromatic N) is 5. The fraction of sp³-hybridized carbons (Fsp3) is 0.571. The number of halogens is 3. The van der Waals surface area contributed by atoms with Gasteiger partial charge in [0, 0.05) is 68.5 Å². The fourth-order valence-corrected chi connectivity index (χ4v) is 4.54. The van der Waals surface area contributed by atoms with Gasteiger partial charge in [0.1, 0.15) is 5.75 Å². The van der Waals surface area contributed by atoms with Gasteiger partial charge < -0.3 is 14.9 Å². The molecule has 1 aliphatic heterocycles. The summed E-state index contributed by atoms with van der Waals surface area (Å²) in [7, 11) is 0.500. The monoisotopic (exact) mass is 521 g/mol. The molecule has 0 amide bonds. The minimum atomic E-state index is -2.17. The van der Waals surface area contributed by atoms with Gasteiger partial charge in [0.15, 0.2) is 0 Å². The molecule has 6 nitrogen and oxygen atoms in total. The van der Waals surface area contributed by atoms with Crippen LogP contribution >= 0.6 is 0 Å². The van der Waals surface area contributed by atoms with E-state index < -0.39 is 6.43 Å². The molecule has 206 valence electrons. The van der Waals surface area contributed by atoms with Crippen molar-refractivity contribution in [3.8, 4) is 5.75 Å². The number of alkyl halides is 3. The zero-order valence-electron chi connectivity index (χ0n) is 22.6. The number of likely N-dealkylation sites (N-methyl/N-ethyl adjacent to an activating group) is 1. The number of hydrogen-bond donors (Lipinski definition) is 1. The predicted molar refractivity (Wildman–Crippen MR) is 145 cm³/mol. The van der Waals surface area contributed by atoms with Crippen molar-refractivity contribution in [3.63, 3.8) is 0 Å². The highest BCUT2D eigenvalue weighted by atomic mass is 19.3. The summed E-state index contributed by atoms with van der Waals surface area (Å²) in [5.74, 6) is 1.13. The van der Waals surface area contributed by atoms with Crippen molar-refractivity contribution in [3.05, 3.63) is 53.9 Å². The van der Waals surface area contributed by atoms with Crippen LogP contribution < -0.4 is 4.90 Å². The van der Waals surface area contributed by atoms with Crippen molar-refractivity contribution >= 4 is 11.6 Å². The summed E-state index contributed by atoms with van der Waals surface area (Å²) in [6.45, 7) is 15.2. The summed E-state index contributed by atoms with van der Waals surface area (Å²) in [5.41, 5.74) is 3.85. The lowest BCUT2D eigenvalue weighted by atomic mass is 9.91. The molecule has 2 fully saturated rings. The average molecular weight is 522 g/mol.